The van der Waals surface area contributed by atoms with E-state index < -0.39 is 29.6 Å². The van der Waals surface area contributed by atoms with Crippen LogP contribution in [0.15, 0.2) is 0 Å². The van der Waals surface area contributed by atoms with E-state index in [1.807, 2.05) is 0 Å². The van der Waals surface area contributed by atoms with E-state index >= 15 is 0 Å². The topological polar surface area (TPSA) is 93.1 Å². The summed E-state index contributed by atoms with van der Waals surface area (Å²) < 4.78 is 8.92. The predicted molar refractivity (Wildman–Crippen MR) is 63.7 cm³/mol. The molecule has 1 unspecified atom stereocenters. The van der Waals surface area contributed by atoms with Crippen molar-refractivity contribution in [1.82, 2.24) is 0 Å². The van der Waals surface area contributed by atoms with Crippen LogP contribution in [0.5, 0.6) is 0 Å². The lowest BCUT2D eigenvalue weighted by Crippen LogP contribution is -2.42. The summed E-state index contributed by atoms with van der Waals surface area (Å²) >= 11 is 0. The molecule has 0 rings (SSSR count). The van der Waals surface area contributed by atoms with Crippen molar-refractivity contribution < 1.29 is 29.3 Å². The fourth-order valence-electron chi connectivity index (χ4n) is 1.58. The van der Waals surface area contributed by atoms with Gasteiger partial charge in [-0.3, -0.25) is 4.79 Å². The van der Waals surface area contributed by atoms with Crippen molar-refractivity contribution in [2.24, 2.45) is 0 Å². The Morgan fingerprint density at radius 1 is 1.06 bits per heavy atom. The van der Waals surface area contributed by atoms with Gasteiger partial charge in [-0.2, -0.15) is 0 Å². The monoisotopic (exact) mass is 262 g/mol. The highest BCUT2D eigenvalue weighted by Crippen LogP contribution is 2.23. The van der Waals surface area contributed by atoms with Crippen LogP contribution in [0.3, 0.4) is 0 Å². The van der Waals surface area contributed by atoms with Crippen molar-refractivity contribution in [3.63, 3.8) is 0 Å². The smallest absolute Gasteiger partial charge is 0.338 e. The summed E-state index contributed by atoms with van der Waals surface area (Å²) in [7, 11) is 2.32. The maximum atomic E-state index is 11.5. The first-order chi connectivity index (χ1) is 8.14. The molecule has 106 valence electrons. The van der Waals surface area contributed by atoms with Gasteiger partial charge in [-0.25, -0.2) is 4.79 Å². The molecule has 0 aromatic carbocycles. The van der Waals surface area contributed by atoms with E-state index in [0.717, 1.165) is 7.11 Å². The van der Waals surface area contributed by atoms with Crippen molar-refractivity contribution in [2.45, 2.75) is 50.7 Å². The zero-order valence-electron chi connectivity index (χ0n) is 11.4. The summed E-state index contributed by atoms with van der Waals surface area (Å²) in [6.45, 7) is 3.26. The minimum Gasteiger partial charge on any atom is -0.469 e. The third-order valence-electron chi connectivity index (χ3n) is 2.61. The van der Waals surface area contributed by atoms with E-state index in [1.54, 1.807) is 13.8 Å². The minimum absolute atomic E-state index is 0.0266. The Balaban J connectivity index is 4.58. The van der Waals surface area contributed by atoms with Gasteiger partial charge in [0.15, 0.2) is 5.60 Å². The largest absolute Gasteiger partial charge is 0.469 e. The van der Waals surface area contributed by atoms with Gasteiger partial charge in [-0.1, -0.05) is 0 Å². The molecular weight excluding hydrogens is 240 g/mol. The first-order valence-electron chi connectivity index (χ1n) is 5.74. The lowest BCUT2D eigenvalue weighted by atomic mass is 9.90. The van der Waals surface area contributed by atoms with E-state index in [1.165, 1.54) is 7.11 Å². The number of carbonyl (C=O) groups is 2. The normalized spacial score (nSPS) is 14.8. The molecule has 2 N–H and O–H groups in total. The van der Waals surface area contributed by atoms with Gasteiger partial charge in [0.1, 0.15) is 0 Å². The van der Waals surface area contributed by atoms with Crippen molar-refractivity contribution in [1.29, 1.82) is 0 Å². The van der Waals surface area contributed by atoms with Crippen molar-refractivity contribution >= 4 is 11.9 Å². The zero-order valence-corrected chi connectivity index (χ0v) is 11.4. The summed E-state index contributed by atoms with van der Waals surface area (Å²) in [6, 6.07) is 0. The zero-order chi connectivity index (χ0) is 14.4. The molecule has 0 radical (unpaired) electrons. The Labute approximate surface area is 107 Å². The average Bonchev–Trinajstić information content (AvgIpc) is 2.25. The molecular formula is C12H22O6. The number of rotatable bonds is 7. The maximum Gasteiger partial charge on any atom is 0.338 e. The van der Waals surface area contributed by atoms with Crippen LogP contribution in [-0.4, -0.2) is 47.6 Å². The standard InChI is InChI=1S/C12H22O6/c1-11(2,15)6-5-7-12(16,10(14)18-4)8-9(13)17-3/h15-16H,5-8H2,1-4H3. The van der Waals surface area contributed by atoms with Gasteiger partial charge >= 0.3 is 11.9 Å². The third-order valence-corrected chi connectivity index (χ3v) is 2.61. The second kappa shape index (κ2) is 6.70. The van der Waals surface area contributed by atoms with Crippen molar-refractivity contribution in [3.8, 4) is 0 Å². The molecule has 0 spiro atoms. The molecule has 0 aliphatic heterocycles. The molecule has 0 amide bonds. The molecule has 0 fully saturated rings. The number of methoxy groups -OCH3 is 2. The van der Waals surface area contributed by atoms with E-state index in [0.29, 0.717) is 12.8 Å². The molecule has 18 heavy (non-hydrogen) atoms. The highest BCUT2D eigenvalue weighted by atomic mass is 16.5. The van der Waals surface area contributed by atoms with Gasteiger partial charge in [-0.05, 0) is 33.1 Å². The minimum atomic E-state index is -1.90. The summed E-state index contributed by atoms with van der Waals surface area (Å²) in [5, 5.41) is 19.7. The molecule has 0 saturated heterocycles. The highest BCUT2D eigenvalue weighted by molar-refractivity contribution is 5.85. The van der Waals surface area contributed by atoms with Gasteiger partial charge in [0.25, 0.3) is 0 Å². The quantitative estimate of drug-likeness (QED) is 0.645. The number of carbonyl (C=O) groups excluding carboxylic acids is 2. The number of ether oxygens (including phenoxy) is 2. The summed E-state index contributed by atoms with van der Waals surface area (Å²) in [6.07, 6.45) is 0.348. The van der Waals surface area contributed by atoms with E-state index in [4.69, 9.17) is 0 Å². The number of hydrogen-bond acceptors (Lipinski definition) is 6. The Kier molecular flexibility index (Phi) is 6.28. The fourth-order valence-corrected chi connectivity index (χ4v) is 1.58. The van der Waals surface area contributed by atoms with Crippen LogP contribution < -0.4 is 0 Å². The number of esters is 2. The van der Waals surface area contributed by atoms with Crippen LogP contribution in [0.2, 0.25) is 0 Å². The van der Waals surface area contributed by atoms with Crippen LogP contribution in [0.4, 0.5) is 0 Å². The van der Waals surface area contributed by atoms with Gasteiger partial charge in [0.2, 0.25) is 0 Å². The molecule has 0 aromatic heterocycles. The highest BCUT2D eigenvalue weighted by Gasteiger charge is 2.39. The molecule has 6 nitrogen and oxygen atoms in total. The van der Waals surface area contributed by atoms with Crippen LogP contribution in [0, 0.1) is 0 Å². The van der Waals surface area contributed by atoms with Crippen LogP contribution in [-0.2, 0) is 19.1 Å². The van der Waals surface area contributed by atoms with Crippen molar-refractivity contribution in [2.75, 3.05) is 14.2 Å². The Morgan fingerprint density at radius 2 is 1.61 bits per heavy atom. The van der Waals surface area contributed by atoms with E-state index in [2.05, 4.69) is 9.47 Å². The third kappa shape index (κ3) is 5.97. The van der Waals surface area contributed by atoms with Crippen molar-refractivity contribution in [3.05, 3.63) is 0 Å². The van der Waals surface area contributed by atoms with Gasteiger partial charge in [0.05, 0.1) is 26.2 Å². The molecule has 0 saturated carbocycles. The molecule has 0 heterocycles. The van der Waals surface area contributed by atoms with Crippen LogP contribution in [0.25, 0.3) is 0 Å². The van der Waals surface area contributed by atoms with E-state index in [-0.39, 0.29) is 6.42 Å². The second-order valence-corrected chi connectivity index (χ2v) is 4.94. The van der Waals surface area contributed by atoms with Crippen LogP contribution in [0.1, 0.15) is 39.5 Å². The lowest BCUT2D eigenvalue weighted by Gasteiger charge is -2.25. The SMILES string of the molecule is COC(=O)CC(O)(CCCC(C)(C)O)C(=O)OC. The summed E-state index contributed by atoms with van der Waals surface area (Å²) in [5.74, 6) is -1.56. The summed E-state index contributed by atoms with van der Waals surface area (Å²) in [5.41, 5.74) is -2.78. The first kappa shape index (κ1) is 16.9. The number of hydrogen-bond donors (Lipinski definition) is 2. The first-order valence-corrected chi connectivity index (χ1v) is 5.74. The molecule has 0 aromatic rings. The maximum absolute atomic E-state index is 11.5. The van der Waals surface area contributed by atoms with E-state index in [9.17, 15) is 19.8 Å². The molecule has 0 aliphatic rings. The Bertz CT molecular complexity index is 293. The molecule has 0 bridgehead atoms. The second-order valence-electron chi connectivity index (χ2n) is 4.94. The van der Waals surface area contributed by atoms with Gasteiger partial charge < -0.3 is 19.7 Å². The average molecular weight is 262 g/mol. The fraction of sp³-hybridized carbons (Fsp3) is 0.833. The molecule has 0 aliphatic carbocycles. The lowest BCUT2D eigenvalue weighted by molar-refractivity contribution is -0.170. The molecule has 6 heteroatoms. The summed E-state index contributed by atoms with van der Waals surface area (Å²) in [4.78, 5) is 22.7. The Morgan fingerprint density at radius 3 is 2.00 bits per heavy atom. The van der Waals surface area contributed by atoms with Gasteiger partial charge in [0, 0.05) is 0 Å². The predicted octanol–water partition coefficient (Wildman–Crippen LogP) is 0.395. The Hall–Kier alpha value is -1.14. The van der Waals surface area contributed by atoms with Gasteiger partial charge in [-0.15, -0.1) is 0 Å². The number of aliphatic hydroxyl groups is 2. The molecule has 1 atom stereocenters. The van der Waals surface area contributed by atoms with Crippen LogP contribution >= 0.6 is 0 Å².